The lowest BCUT2D eigenvalue weighted by atomic mass is 9.87. The third-order valence-electron chi connectivity index (χ3n) is 4.34. The summed E-state index contributed by atoms with van der Waals surface area (Å²) in [5, 5.41) is 3.49. The number of ether oxygens (including phenoxy) is 1. The van der Waals surface area contributed by atoms with Crippen LogP contribution in [0, 0.1) is 0 Å². The van der Waals surface area contributed by atoms with Crippen LogP contribution in [0.4, 0.5) is 0 Å². The number of likely N-dealkylation sites (N-methyl/N-ethyl adjacent to an activating group) is 1. The molecule has 2 atom stereocenters. The molecule has 0 aliphatic heterocycles. The maximum absolute atomic E-state index is 12.2. The molecule has 2 unspecified atom stereocenters. The predicted octanol–water partition coefficient (Wildman–Crippen LogP) is 2.53. The molecule has 1 aliphatic carbocycles. The van der Waals surface area contributed by atoms with E-state index >= 15 is 0 Å². The Morgan fingerprint density at radius 1 is 1.52 bits per heavy atom. The Bertz CT molecular complexity index is 502. The summed E-state index contributed by atoms with van der Waals surface area (Å²) in [5.74, 6) is 1.03. The molecule has 4 nitrogen and oxygen atoms in total. The molecule has 2 rings (SSSR count). The molecule has 4 heteroatoms. The first kappa shape index (κ1) is 15.8. The van der Waals surface area contributed by atoms with Gasteiger partial charge in [-0.05, 0) is 56.4 Å². The zero-order valence-electron chi connectivity index (χ0n) is 13.5. The number of nitrogens with zero attached hydrogens (tertiary/aromatic N) is 1. The number of fused-ring (bicyclic) bond motifs is 1. The Kier molecular flexibility index (Phi) is 5.23. The number of methoxy groups -OCH3 is 1. The van der Waals surface area contributed by atoms with Crippen LogP contribution in [0.15, 0.2) is 18.2 Å². The van der Waals surface area contributed by atoms with Crippen LogP contribution in [0.2, 0.25) is 0 Å². The molecule has 0 bridgehead atoms. The van der Waals surface area contributed by atoms with Gasteiger partial charge in [-0.3, -0.25) is 10.1 Å². The smallest absolute Gasteiger partial charge is 0.239 e. The van der Waals surface area contributed by atoms with Crippen molar-refractivity contribution >= 4 is 5.91 Å². The zero-order valence-corrected chi connectivity index (χ0v) is 13.5. The van der Waals surface area contributed by atoms with Gasteiger partial charge in [-0.2, -0.15) is 0 Å². The molecule has 1 aliphatic rings. The normalized spacial score (nSPS) is 18.8. The van der Waals surface area contributed by atoms with Crippen molar-refractivity contribution in [2.24, 2.45) is 0 Å². The minimum atomic E-state index is -0.169. The van der Waals surface area contributed by atoms with Gasteiger partial charge in [-0.1, -0.05) is 6.07 Å². The molecule has 116 valence electrons. The van der Waals surface area contributed by atoms with Gasteiger partial charge >= 0.3 is 0 Å². The van der Waals surface area contributed by atoms with E-state index in [9.17, 15) is 4.79 Å². The van der Waals surface area contributed by atoms with Gasteiger partial charge < -0.3 is 9.64 Å². The Hall–Kier alpha value is -1.55. The standard InChI is InChI=1S/C17H26N2O2/c1-5-19(3)17(20)12(2)18-16-8-6-7-13-9-10-14(21-4)11-15(13)16/h9-12,16,18H,5-8H2,1-4H3. The van der Waals surface area contributed by atoms with Crippen LogP contribution in [0.1, 0.15) is 43.9 Å². The highest BCUT2D eigenvalue weighted by molar-refractivity contribution is 5.81. The van der Waals surface area contributed by atoms with Crippen molar-refractivity contribution in [2.45, 2.75) is 45.2 Å². The largest absolute Gasteiger partial charge is 0.497 e. The van der Waals surface area contributed by atoms with Crippen molar-refractivity contribution in [3.8, 4) is 5.75 Å². The highest BCUT2D eigenvalue weighted by atomic mass is 16.5. The number of amides is 1. The Morgan fingerprint density at radius 2 is 2.29 bits per heavy atom. The number of carbonyl (C=O) groups excluding carboxylic acids is 1. The number of aryl methyl sites for hydroxylation is 1. The Balaban J connectivity index is 2.14. The first-order valence-corrected chi connectivity index (χ1v) is 7.74. The number of hydrogen-bond acceptors (Lipinski definition) is 3. The summed E-state index contributed by atoms with van der Waals surface area (Å²) in [7, 11) is 3.54. The molecule has 0 fully saturated rings. The highest BCUT2D eigenvalue weighted by Gasteiger charge is 2.25. The zero-order chi connectivity index (χ0) is 15.4. The quantitative estimate of drug-likeness (QED) is 0.906. The fourth-order valence-corrected chi connectivity index (χ4v) is 2.94. The molecule has 1 amide bonds. The molecule has 0 aromatic heterocycles. The van der Waals surface area contributed by atoms with Crippen LogP contribution in [0.3, 0.4) is 0 Å². The number of benzene rings is 1. The van der Waals surface area contributed by atoms with Gasteiger partial charge in [0, 0.05) is 19.6 Å². The predicted molar refractivity (Wildman–Crippen MR) is 84.6 cm³/mol. The van der Waals surface area contributed by atoms with Crippen molar-refractivity contribution in [3.05, 3.63) is 29.3 Å². The summed E-state index contributed by atoms with van der Waals surface area (Å²) < 4.78 is 5.33. The summed E-state index contributed by atoms with van der Waals surface area (Å²) in [6, 6.07) is 6.32. The van der Waals surface area contributed by atoms with E-state index in [0.29, 0.717) is 0 Å². The van der Waals surface area contributed by atoms with E-state index in [1.807, 2.05) is 27.0 Å². The van der Waals surface area contributed by atoms with Crippen LogP contribution in [-0.4, -0.2) is 37.6 Å². The second-order valence-corrected chi connectivity index (χ2v) is 5.75. The van der Waals surface area contributed by atoms with E-state index in [4.69, 9.17) is 4.74 Å². The van der Waals surface area contributed by atoms with Crippen LogP contribution in [0.25, 0.3) is 0 Å². The average molecular weight is 290 g/mol. The minimum absolute atomic E-state index is 0.146. The van der Waals surface area contributed by atoms with Crippen molar-refractivity contribution in [3.63, 3.8) is 0 Å². The monoisotopic (exact) mass is 290 g/mol. The van der Waals surface area contributed by atoms with E-state index in [1.165, 1.54) is 11.1 Å². The maximum atomic E-state index is 12.2. The van der Waals surface area contributed by atoms with E-state index in [1.54, 1.807) is 12.0 Å². The highest BCUT2D eigenvalue weighted by Crippen LogP contribution is 2.32. The van der Waals surface area contributed by atoms with Crippen LogP contribution in [0.5, 0.6) is 5.75 Å². The minimum Gasteiger partial charge on any atom is -0.497 e. The van der Waals surface area contributed by atoms with Crippen molar-refractivity contribution in [2.75, 3.05) is 20.7 Å². The lowest BCUT2D eigenvalue weighted by Crippen LogP contribution is -2.45. The molecule has 1 aromatic rings. The molecule has 0 radical (unpaired) electrons. The SMILES string of the molecule is CCN(C)C(=O)C(C)NC1CCCc2ccc(OC)cc21. The van der Waals surface area contributed by atoms with Crippen molar-refractivity contribution < 1.29 is 9.53 Å². The van der Waals surface area contributed by atoms with Crippen molar-refractivity contribution in [1.29, 1.82) is 0 Å². The molecule has 0 heterocycles. The van der Waals surface area contributed by atoms with E-state index < -0.39 is 0 Å². The number of hydrogen-bond donors (Lipinski definition) is 1. The summed E-state index contributed by atoms with van der Waals surface area (Å²) >= 11 is 0. The first-order valence-electron chi connectivity index (χ1n) is 7.74. The number of carbonyl (C=O) groups is 1. The molecule has 0 saturated carbocycles. The van der Waals surface area contributed by atoms with Gasteiger partial charge in [-0.25, -0.2) is 0 Å². The van der Waals surface area contributed by atoms with Crippen molar-refractivity contribution in [1.82, 2.24) is 10.2 Å². The number of rotatable bonds is 5. The third-order valence-corrected chi connectivity index (χ3v) is 4.34. The lowest BCUT2D eigenvalue weighted by molar-refractivity contribution is -0.131. The lowest BCUT2D eigenvalue weighted by Gasteiger charge is -2.30. The van der Waals surface area contributed by atoms with Gasteiger partial charge in [0.05, 0.1) is 13.2 Å². The first-order chi connectivity index (χ1) is 10.1. The molecule has 21 heavy (non-hydrogen) atoms. The summed E-state index contributed by atoms with van der Waals surface area (Å²) in [6.45, 7) is 4.67. The third kappa shape index (κ3) is 3.56. The molecule has 0 saturated heterocycles. The Labute approximate surface area is 127 Å². The fraction of sp³-hybridized carbons (Fsp3) is 0.588. The molecule has 1 aromatic carbocycles. The fourth-order valence-electron chi connectivity index (χ4n) is 2.94. The van der Waals surface area contributed by atoms with E-state index in [2.05, 4.69) is 17.4 Å². The van der Waals surface area contributed by atoms with Crippen LogP contribution >= 0.6 is 0 Å². The summed E-state index contributed by atoms with van der Waals surface area (Å²) in [5.41, 5.74) is 2.64. The van der Waals surface area contributed by atoms with Gasteiger partial charge in [0.2, 0.25) is 5.91 Å². The molecule has 0 spiro atoms. The molecule has 1 N–H and O–H groups in total. The topological polar surface area (TPSA) is 41.6 Å². The maximum Gasteiger partial charge on any atom is 0.239 e. The second kappa shape index (κ2) is 6.94. The number of nitrogens with one attached hydrogen (secondary N) is 1. The van der Waals surface area contributed by atoms with Gasteiger partial charge in [0.15, 0.2) is 0 Å². The van der Waals surface area contributed by atoms with Gasteiger partial charge in [0.25, 0.3) is 0 Å². The summed E-state index contributed by atoms with van der Waals surface area (Å²) in [6.07, 6.45) is 3.32. The Morgan fingerprint density at radius 3 is 2.95 bits per heavy atom. The molecular formula is C17H26N2O2. The van der Waals surface area contributed by atoms with E-state index in [0.717, 1.165) is 31.6 Å². The average Bonchev–Trinajstić information content (AvgIpc) is 2.53. The molecular weight excluding hydrogens is 264 g/mol. The van der Waals surface area contributed by atoms with E-state index in [-0.39, 0.29) is 18.0 Å². The van der Waals surface area contributed by atoms with Crippen LogP contribution in [-0.2, 0) is 11.2 Å². The van der Waals surface area contributed by atoms with Crippen LogP contribution < -0.4 is 10.1 Å². The van der Waals surface area contributed by atoms with Gasteiger partial charge in [-0.15, -0.1) is 0 Å². The summed E-state index contributed by atoms with van der Waals surface area (Å²) in [4.78, 5) is 14.0. The second-order valence-electron chi connectivity index (χ2n) is 5.75. The van der Waals surface area contributed by atoms with Gasteiger partial charge in [0.1, 0.15) is 5.75 Å².